The third-order valence-corrected chi connectivity index (χ3v) is 6.27. The Kier molecular flexibility index (Phi) is 5.58. The molecular weight excluding hydrogens is 364 g/mol. The van der Waals surface area contributed by atoms with Crippen molar-refractivity contribution < 1.29 is 0 Å². The molecule has 0 saturated heterocycles. The summed E-state index contributed by atoms with van der Waals surface area (Å²) < 4.78 is 0. The number of nitrogens with one attached hydrogen (secondary N) is 1. The van der Waals surface area contributed by atoms with Gasteiger partial charge in [0.05, 0.1) is 17.4 Å². The number of fused-ring (bicyclic) bond motifs is 1. The summed E-state index contributed by atoms with van der Waals surface area (Å²) in [5.74, 6) is 0. The molecular formula is C28H28N2. The quantitative estimate of drug-likeness (QED) is 0.399. The summed E-state index contributed by atoms with van der Waals surface area (Å²) in [6, 6.07) is 32.9. The van der Waals surface area contributed by atoms with Crippen LogP contribution in [0.1, 0.15) is 49.4 Å². The first-order valence-electron chi connectivity index (χ1n) is 11.1. The van der Waals surface area contributed by atoms with E-state index in [1.165, 1.54) is 54.0 Å². The monoisotopic (exact) mass is 392 g/mol. The van der Waals surface area contributed by atoms with Gasteiger partial charge < -0.3 is 5.32 Å². The molecule has 4 aromatic rings. The van der Waals surface area contributed by atoms with Crippen molar-refractivity contribution in [2.45, 2.75) is 44.2 Å². The van der Waals surface area contributed by atoms with Crippen molar-refractivity contribution in [3.63, 3.8) is 0 Å². The topological polar surface area (TPSA) is 24.9 Å². The van der Waals surface area contributed by atoms with Gasteiger partial charge in [0.1, 0.15) is 0 Å². The van der Waals surface area contributed by atoms with Crippen molar-refractivity contribution in [3.05, 3.63) is 102 Å². The average Bonchev–Trinajstić information content (AvgIpc) is 2.83. The Bertz CT molecular complexity index is 1110. The minimum atomic E-state index is 0.115. The summed E-state index contributed by atoms with van der Waals surface area (Å²) >= 11 is 0. The van der Waals surface area contributed by atoms with Gasteiger partial charge in [0.2, 0.25) is 0 Å². The Morgan fingerprint density at radius 1 is 0.700 bits per heavy atom. The molecule has 1 N–H and O–H groups in total. The van der Waals surface area contributed by atoms with Gasteiger partial charge in [-0.25, -0.2) is 0 Å². The highest BCUT2D eigenvalue weighted by Crippen LogP contribution is 2.30. The number of hydrogen-bond donors (Lipinski definition) is 1. The molecule has 1 heterocycles. The molecule has 0 aliphatic heterocycles. The van der Waals surface area contributed by atoms with Crippen LogP contribution in [0.3, 0.4) is 0 Å². The van der Waals surface area contributed by atoms with E-state index in [4.69, 9.17) is 4.98 Å². The van der Waals surface area contributed by atoms with Crippen LogP contribution in [0.4, 0.5) is 0 Å². The molecule has 5 rings (SSSR count). The molecule has 150 valence electrons. The van der Waals surface area contributed by atoms with Crippen LogP contribution in [0.2, 0.25) is 0 Å². The van der Waals surface area contributed by atoms with Crippen molar-refractivity contribution in [3.8, 4) is 11.3 Å². The van der Waals surface area contributed by atoms with E-state index in [9.17, 15) is 0 Å². The van der Waals surface area contributed by atoms with E-state index in [1.807, 2.05) is 0 Å². The normalized spacial score (nSPS) is 15.9. The minimum Gasteiger partial charge on any atom is -0.302 e. The lowest BCUT2D eigenvalue weighted by Gasteiger charge is -2.29. The minimum absolute atomic E-state index is 0.115. The van der Waals surface area contributed by atoms with Crippen molar-refractivity contribution in [2.24, 2.45) is 0 Å². The second-order valence-corrected chi connectivity index (χ2v) is 8.32. The van der Waals surface area contributed by atoms with E-state index in [1.54, 1.807) is 0 Å². The average molecular weight is 393 g/mol. The summed E-state index contributed by atoms with van der Waals surface area (Å²) in [7, 11) is 0. The van der Waals surface area contributed by atoms with E-state index in [0.29, 0.717) is 6.04 Å². The SMILES string of the molecule is c1ccc(C(NC2CCCCC2)c2cccc(-c3cccc4ccccc34)n2)cc1. The Labute approximate surface area is 179 Å². The Hall–Kier alpha value is -2.97. The number of hydrogen-bond acceptors (Lipinski definition) is 2. The van der Waals surface area contributed by atoms with E-state index in [-0.39, 0.29) is 6.04 Å². The number of nitrogens with zero attached hydrogens (tertiary/aromatic N) is 1. The van der Waals surface area contributed by atoms with Gasteiger partial charge in [-0.05, 0) is 41.3 Å². The molecule has 2 nitrogen and oxygen atoms in total. The molecule has 0 amide bonds. The molecule has 1 aliphatic carbocycles. The van der Waals surface area contributed by atoms with Crippen LogP contribution < -0.4 is 5.32 Å². The highest BCUT2D eigenvalue weighted by molar-refractivity contribution is 5.95. The van der Waals surface area contributed by atoms with Crippen LogP contribution in [-0.2, 0) is 0 Å². The lowest BCUT2D eigenvalue weighted by Crippen LogP contribution is -2.35. The maximum Gasteiger partial charge on any atom is 0.0753 e. The molecule has 0 bridgehead atoms. The predicted molar refractivity (Wildman–Crippen MR) is 125 cm³/mol. The van der Waals surface area contributed by atoms with Crippen molar-refractivity contribution in [1.82, 2.24) is 10.3 Å². The molecule has 30 heavy (non-hydrogen) atoms. The second kappa shape index (κ2) is 8.81. The second-order valence-electron chi connectivity index (χ2n) is 8.32. The molecule has 1 aliphatic rings. The maximum atomic E-state index is 5.17. The lowest BCUT2D eigenvalue weighted by atomic mass is 9.93. The van der Waals surface area contributed by atoms with E-state index in [0.717, 1.165) is 11.4 Å². The largest absolute Gasteiger partial charge is 0.302 e. The fourth-order valence-corrected chi connectivity index (χ4v) is 4.71. The highest BCUT2D eigenvalue weighted by Gasteiger charge is 2.22. The van der Waals surface area contributed by atoms with Gasteiger partial charge in [-0.15, -0.1) is 0 Å². The van der Waals surface area contributed by atoms with Gasteiger partial charge in [0.25, 0.3) is 0 Å². The molecule has 1 saturated carbocycles. The third-order valence-electron chi connectivity index (χ3n) is 6.27. The first-order chi connectivity index (χ1) is 14.9. The molecule has 0 radical (unpaired) electrons. The van der Waals surface area contributed by atoms with E-state index >= 15 is 0 Å². The smallest absolute Gasteiger partial charge is 0.0753 e. The fraction of sp³-hybridized carbons (Fsp3) is 0.250. The molecule has 1 unspecified atom stereocenters. The molecule has 0 spiro atoms. The molecule has 1 fully saturated rings. The van der Waals surface area contributed by atoms with Gasteiger partial charge >= 0.3 is 0 Å². The fourth-order valence-electron chi connectivity index (χ4n) is 4.71. The zero-order valence-electron chi connectivity index (χ0n) is 17.3. The number of pyridine rings is 1. The van der Waals surface area contributed by atoms with Crippen LogP contribution in [0.15, 0.2) is 91.0 Å². The van der Waals surface area contributed by atoms with Gasteiger partial charge in [-0.3, -0.25) is 4.98 Å². The van der Waals surface area contributed by atoms with Crippen molar-refractivity contribution >= 4 is 10.8 Å². The zero-order valence-corrected chi connectivity index (χ0v) is 17.3. The van der Waals surface area contributed by atoms with Gasteiger partial charge in [0, 0.05) is 11.6 Å². The first-order valence-corrected chi connectivity index (χ1v) is 11.1. The maximum absolute atomic E-state index is 5.17. The highest BCUT2D eigenvalue weighted by atomic mass is 15.0. The van der Waals surface area contributed by atoms with Crippen LogP contribution in [0, 0.1) is 0 Å². The van der Waals surface area contributed by atoms with Crippen LogP contribution in [0.5, 0.6) is 0 Å². The predicted octanol–water partition coefficient (Wildman–Crippen LogP) is 6.91. The molecule has 1 aromatic heterocycles. The molecule has 3 aromatic carbocycles. The first kappa shape index (κ1) is 19.0. The Morgan fingerprint density at radius 2 is 1.43 bits per heavy atom. The molecule has 1 atom stereocenters. The van der Waals surface area contributed by atoms with Crippen molar-refractivity contribution in [2.75, 3.05) is 0 Å². The van der Waals surface area contributed by atoms with Crippen LogP contribution in [0.25, 0.3) is 22.0 Å². The Balaban J connectivity index is 1.55. The van der Waals surface area contributed by atoms with E-state index in [2.05, 4.69) is 96.3 Å². The zero-order chi connectivity index (χ0) is 20.2. The van der Waals surface area contributed by atoms with Crippen molar-refractivity contribution in [1.29, 1.82) is 0 Å². The van der Waals surface area contributed by atoms with Gasteiger partial charge in [-0.2, -0.15) is 0 Å². The lowest BCUT2D eigenvalue weighted by molar-refractivity contribution is 0.352. The van der Waals surface area contributed by atoms with Crippen LogP contribution >= 0.6 is 0 Å². The summed E-state index contributed by atoms with van der Waals surface area (Å²) in [5.41, 5.74) is 4.61. The third kappa shape index (κ3) is 4.01. The van der Waals surface area contributed by atoms with Gasteiger partial charge in [-0.1, -0.05) is 98.1 Å². The van der Waals surface area contributed by atoms with Gasteiger partial charge in [0.15, 0.2) is 0 Å². The summed E-state index contributed by atoms with van der Waals surface area (Å²) in [5, 5.41) is 6.44. The number of aromatic nitrogens is 1. The summed E-state index contributed by atoms with van der Waals surface area (Å²) in [6.45, 7) is 0. The van der Waals surface area contributed by atoms with Crippen LogP contribution in [-0.4, -0.2) is 11.0 Å². The number of rotatable bonds is 5. The van der Waals surface area contributed by atoms with E-state index < -0.39 is 0 Å². The number of benzene rings is 3. The summed E-state index contributed by atoms with van der Waals surface area (Å²) in [6.07, 6.45) is 6.52. The standard InChI is InChI=1S/C28H28N2/c1-3-12-22(13-4-1)28(29-23-15-5-2-6-16-23)27-20-10-19-26(30-27)25-18-9-14-21-11-7-8-17-24(21)25/h1,3-4,7-14,17-20,23,28-29H,2,5-6,15-16H2. The molecule has 2 heteroatoms. The Morgan fingerprint density at radius 3 is 2.30 bits per heavy atom. The summed E-state index contributed by atoms with van der Waals surface area (Å²) in [4.78, 5) is 5.17.